The van der Waals surface area contributed by atoms with Gasteiger partial charge in [0.25, 0.3) is 0 Å². The molecular weight excluding hydrogens is 246 g/mol. The Hall–Kier alpha value is -1.10. The summed E-state index contributed by atoms with van der Waals surface area (Å²) in [7, 11) is 0. The van der Waals surface area contributed by atoms with Crippen molar-refractivity contribution in [1.82, 2.24) is 10.3 Å². The molecule has 1 aromatic heterocycles. The quantitative estimate of drug-likeness (QED) is 0.634. The molecule has 0 atom stereocenters. The van der Waals surface area contributed by atoms with Crippen LogP contribution in [0.25, 0.3) is 0 Å². The van der Waals surface area contributed by atoms with Gasteiger partial charge in [0, 0.05) is 20.0 Å². The monoisotopic (exact) mass is 257 g/mol. The van der Waals surface area contributed by atoms with Gasteiger partial charge in [0.15, 0.2) is 0 Å². The predicted octanol–water partition coefficient (Wildman–Crippen LogP) is 1.39. The maximum Gasteiger partial charge on any atom is 0.216 e. The fraction of sp³-hybridized carbons (Fsp3) is 0.333. The number of carbonyl (C=O) groups is 1. The van der Waals surface area contributed by atoms with Crippen molar-refractivity contribution in [3.05, 3.63) is 22.8 Å². The van der Waals surface area contributed by atoms with Crippen molar-refractivity contribution in [2.75, 3.05) is 18.4 Å². The summed E-state index contributed by atoms with van der Waals surface area (Å²) in [5, 5.41) is 5.77. The van der Waals surface area contributed by atoms with Crippen LogP contribution in [0.5, 0.6) is 0 Å². The molecule has 0 fully saturated rings. The number of anilines is 1. The molecule has 1 amide bonds. The van der Waals surface area contributed by atoms with Crippen LogP contribution in [-0.2, 0) is 4.79 Å². The first-order chi connectivity index (χ1) is 6.68. The van der Waals surface area contributed by atoms with Crippen molar-refractivity contribution < 1.29 is 4.79 Å². The Labute approximate surface area is 91.2 Å². The molecule has 1 heterocycles. The second-order valence-electron chi connectivity index (χ2n) is 2.76. The number of halogens is 1. The first-order valence-electron chi connectivity index (χ1n) is 4.29. The Balaban J connectivity index is 2.28. The zero-order chi connectivity index (χ0) is 10.4. The van der Waals surface area contributed by atoms with E-state index in [1.54, 1.807) is 0 Å². The molecule has 0 aliphatic rings. The molecule has 5 heteroatoms. The molecule has 0 saturated heterocycles. The summed E-state index contributed by atoms with van der Waals surface area (Å²) < 4.78 is 0.794. The van der Waals surface area contributed by atoms with Gasteiger partial charge in [-0.25, -0.2) is 4.98 Å². The van der Waals surface area contributed by atoms with E-state index in [1.807, 2.05) is 18.2 Å². The lowest BCUT2D eigenvalue weighted by atomic mass is 10.4. The Kier molecular flexibility index (Phi) is 4.39. The minimum atomic E-state index is -0.0194. The molecule has 1 rings (SSSR count). The van der Waals surface area contributed by atoms with Crippen LogP contribution < -0.4 is 10.6 Å². The van der Waals surface area contributed by atoms with E-state index in [-0.39, 0.29) is 5.91 Å². The first kappa shape index (κ1) is 11.0. The average molecular weight is 258 g/mol. The van der Waals surface area contributed by atoms with Crippen LogP contribution in [0.1, 0.15) is 6.92 Å². The molecule has 0 aliphatic carbocycles. The molecule has 0 radical (unpaired) electrons. The van der Waals surface area contributed by atoms with Crippen molar-refractivity contribution in [3.8, 4) is 0 Å². The lowest BCUT2D eigenvalue weighted by molar-refractivity contribution is -0.118. The molecule has 2 N–H and O–H groups in total. The van der Waals surface area contributed by atoms with E-state index in [2.05, 4.69) is 31.5 Å². The second-order valence-corrected chi connectivity index (χ2v) is 3.57. The molecule has 0 aromatic carbocycles. The summed E-state index contributed by atoms with van der Waals surface area (Å²) in [6.07, 6.45) is 0. The highest BCUT2D eigenvalue weighted by Gasteiger charge is 1.94. The van der Waals surface area contributed by atoms with Gasteiger partial charge in [0.2, 0.25) is 5.91 Å². The third-order valence-electron chi connectivity index (χ3n) is 1.52. The number of aromatic nitrogens is 1. The first-order valence-corrected chi connectivity index (χ1v) is 5.08. The van der Waals surface area contributed by atoms with E-state index in [0.717, 1.165) is 10.4 Å². The van der Waals surface area contributed by atoms with Gasteiger partial charge in [-0.05, 0) is 28.1 Å². The molecule has 0 unspecified atom stereocenters. The topological polar surface area (TPSA) is 54.0 Å². The van der Waals surface area contributed by atoms with E-state index in [0.29, 0.717) is 13.1 Å². The van der Waals surface area contributed by atoms with Crippen molar-refractivity contribution in [2.45, 2.75) is 6.92 Å². The molecule has 0 bridgehead atoms. The van der Waals surface area contributed by atoms with E-state index in [1.165, 1.54) is 6.92 Å². The van der Waals surface area contributed by atoms with E-state index < -0.39 is 0 Å². The number of carbonyl (C=O) groups excluding carboxylic acids is 1. The number of hydrogen-bond acceptors (Lipinski definition) is 3. The number of pyridine rings is 1. The molecule has 4 nitrogen and oxygen atoms in total. The number of nitrogens with one attached hydrogen (secondary N) is 2. The third-order valence-corrected chi connectivity index (χ3v) is 1.96. The highest BCUT2D eigenvalue weighted by molar-refractivity contribution is 9.10. The van der Waals surface area contributed by atoms with Crippen LogP contribution in [-0.4, -0.2) is 24.0 Å². The van der Waals surface area contributed by atoms with Crippen molar-refractivity contribution in [1.29, 1.82) is 0 Å². The van der Waals surface area contributed by atoms with Gasteiger partial charge in [-0.15, -0.1) is 0 Å². The molecule has 1 aromatic rings. The number of rotatable bonds is 4. The zero-order valence-electron chi connectivity index (χ0n) is 7.88. The Morgan fingerprint density at radius 3 is 2.93 bits per heavy atom. The third kappa shape index (κ3) is 4.23. The van der Waals surface area contributed by atoms with Crippen LogP contribution in [0, 0.1) is 0 Å². The molecule has 14 heavy (non-hydrogen) atoms. The zero-order valence-corrected chi connectivity index (χ0v) is 9.47. The van der Waals surface area contributed by atoms with Crippen LogP contribution >= 0.6 is 15.9 Å². The van der Waals surface area contributed by atoms with Gasteiger partial charge in [-0.3, -0.25) is 4.79 Å². The minimum Gasteiger partial charge on any atom is -0.368 e. The van der Waals surface area contributed by atoms with Gasteiger partial charge in [-0.2, -0.15) is 0 Å². The van der Waals surface area contributed by atoms with Crippen molar-refractivity contribution in [2.24, 2.45) is 0 Å². The Morgan fingerprint density at radius 1 is 1.50 bits per heavy atom. The maximum absolute atomic E-state index is 10.5. The SMILES string of the molecule is CC(=O)NCCNc1cccc(Br)n1. The summed E-state index contributed by atoms with van der Waals surface area (Å²) in [5.74, 6) is 0.777. The maximum atomic E-state index is 10.5. The van der Waals surface area contributed by atoms with Crippen LogP contribution in [0.3, 0.4) is 0 Å². The molecule has 0 aliphatic heterocycles. The lowest BCUT2D eigenvalue weighted by Crippen LogP contribution is -2.26. The van der Waals surface area contributed by atoms with E-state index >= 15 is 0 Å². The van der Waals surface area contributed by atoms with Gasteiger partial charge in [0.1, 0.15) is 10.4 Å². The van der Waals surface area contributed by atoms with Crippen molar-refractivity contribution >= 4 is 27.7 Å². The smallest absolute Gasteiger partial charge is 0.216 e. The van der Waals surface area contributed by atoms with E-state index in [4.69, 9.17) is 0 Å². The Morgan fingerprint density at radius 2 is 2.29 bits per heavy atom. The molecule has 0 saturated carbocycles. The van der Waals surface area contributed by atoms with Gasteiger partial charge in [0.05, 0.1) is 0 Å². The fourth-order valence-electron chi connectivity index (χ4n) is 0.936. The predicted molar refractivity (Wildman–Crippen MR) is 59.1 cm³/mol. The summed E-state index contributed by atoms with van der Waals surface area (Å²) in [5.41, 5.74) is 0. The molecule has 76 valence electrons. The molecule has 0 spiro atoms. The second kappa shape index (κ2) is 5.59. The highest BCUT2D eigenvalue weighted by Crippen LogP contribution is 2.09. The normalized spacial score (nSPS) is 9.57. The standard InChI is InChI=1S/C9H12BrN3O/c1-7(14)11-5-6-12-9-4-2-3-8(10)13-9/h2-4H,5-6H2,1H3,(H,11,14)(H,12,13). The lowest BCUT2D eigenvalue weighted by Gasteiger charge is -2.05. The number of amides is 1. The summed E-state index contributed by atoms with van der Waals surface area (Å²) in [4.78, 5) is 14.7. The Bertz CT molecular complexity index is 317. The highest BCUT2D eigenvalue weighted by atomic mass is 79.9. The summed E-state index contributed by atoms with van der Waals surface area (Å²) in [6.45, 7) is 2.77. The number of nitrogens with zero attached hydrogens (tertiary/aromatic N) is 1. The van der Waals surface area contributed by atoms with Gasteiger partial charge >= 0.3 is 0 Å². The van der Waals surface area contributed by atoms with Crippen LogP contribution in [0.15, 0.2) is 22.8 Å². The van der Waals surface area contributed by atoms with Crippen molar-refractivity contribution in [3.63, 3.8) is 0 Å². The molecular formula is C9H12BrN3O. The largest absolute Gasteiger partial charge is 0.368 e. The number of hydrogen-bond donors (Lipinski definition) is 2. The van der Waals surface area contributed by atoms with Crippen LogP contribution in [0.4, 0.5) is 5.82 Å². The fourth-order valence-corrected chi connectivity index (χ4v) is 1.28. The van der Waals surface area contributed by atoms with Crippen LogP contribution in [0.2, 0.25) is 0 Å². The average Bonchev–Trinajstić information content (AvgIpc) is 2.12. The minimum absolute atomic E-state index is 0.0194. The van der Waals surface area contributed by atoms with Gasteiger partial charge in [-0.1, -0.05) is 6.07 Å². The van der Waals surface area contributed by atoms with E-state index in [9.17, 15) is 4.79 Å². The van der Waals surface area contributed by atoms with Gasteiger partial charge < -0.3 is 10.6 Å². The summed E-state index contributed by atoms with van der Waals surface area (Å²) >= 11 is 3.27. The summed E-state index contributed by atoms with van der Waals surface area (Å²) in [6, 6.07) is 5.63.